The molecule has 4 heteroatoms. The first-order valence-corrected chi connectivity index (χ1v) is 7.19. The summed E-state index contributed by atoms with van der Waals surface area (Å²) in [5, 5.41) is 3.37. The van der Waals surface area contributed by atoms with Crippen LogP contribution in [0.3, 0.4) is 0 Å². The zero-order chi connectivity index (χ0) is 14.8. The van der Waals surface area contributed by atoms with Crippen LogP contribution in [0.5, 0.6) is 11.5 Å². The van der Waals surface area contributed by atoms with Gasteiger partial charge in [0.25, 0.3) is 0 Å². The standard InChI is InChI=1S/C16H26N2O2/c1-16(2)11-14(17-3)13-7-6-12(10-15(13)20-16)19-9-8-18(4)5/h6-7,10,14,17H,8-9,11H2,1-5H3. The smallest absolute Gasteiger partial charge is 0.128 e. The van der Waals surface area contributed by atoms with E-state index in [1.807, 2.05) is 33.3 Å². The molecule has 0 spiro atoms. The fraction of sp³-hybridized carbons (Fsp3) is 0.625. The molecular formula is C16H26N2O2. The summed E-state index contributed by atoms with van der Waals surface area (Å²) < 4.78 is 11.9. The zero-order valence-corrected chi connectivity index (χ0v) is 13.2. The van der Waals surface area contributed by atoms with E-state index in [9.17, 15) is 0 Å². The van der Waals surface area contributed by atoms with Crippen molar-refractivity contribution in [3.8, 4) is 11.5 Å². The van der Waals surface area contributed by atoms with Crippen molar-refractivity contribution >= 4 is 0 Å². The summed E-state index contributed by atoms with van der Waals surface area (Å²) in [6, 6.07) is 6.48. The van der Waals surface area contributed by atoms with Crippen LogP contribution in [0.2, 0.25) is 0 Å². The lowest BCUT2D eigenvalue weighted by Gasteiger charge is -2.37. The fourth-order valence-corrected chi connectivity index (χ4v) is 2.53. The van der Waals surface area contributed by atoms with Crippen LogP contribution < -0.4 is 14.8 Å². The highest BCUT2D eigenvalue weighted by molar-refractivity contribution is 5.44. The van der Waals surface area contributed by atoms with Crippen molar-refractivity contribution in [3.63, 3.8) is 0 Å². The van der Waals surface area contributed by atoms with Crippen LogP contribution in [0.4, 0.5) is 0 Å². The Labute approximate surface area is 122 Å². The summed E-state index contributed by atoms with van der Waals surface area (Å²) in [6.07, 6.45) is 0.970. The second-order valence-electron chi connectivity index (χ2n) is 6.26. The van der Waals surface area contributed by atoms with Crippen LogP contribution in [-0.2, 0) is 0 Å². The van der Waals surface area contributed by atoms with Gasteiger partial charge in [0.05, 0.1) is 0 Å². The predicted molar refractivity (Wildman–Crippen MR) is 81.6 cm³/mol. The second-order valence-corrected chi connectivity index (χ2v) is 6.26. The van der Waals surface area contributed by atoms with E-state index in [1.165, 1.54) is 5.56 Å². The van der Waals surface area contributed by atoms with E-state index >= 15 is 0 Å². The van der Waals surface area contributed by atoms with Gasteiger partial charge in [-0.15, -0.1) is 0 Å². The minimum atomic E-state index is -0.150. The zero-order valence-electron chi connectivity index (χ0n) is 13.2. The molecule has 1 aliphatic heterocycles. The molecule has 0 aromatic heterocycles. The third kappa shape index (κ3) is 3.64. The number of benzene rings is 1. The Bertz CT molecular complexity index is 458. The number of nitrogens with one attached hydrogen (secondary N) is 1. The molecule has 1 atom stereocenters. The van der Waals surface area contributed by atoms with Gasteiger partial charge in [0.15, 0.2) is 0 Å². The monoisotopic (exact) mass is 278 g/mol. The molecule has 1 aliphatic rings. The van der Waals surface area contributed by atoms with Crippen LogP contribution in [0, 0.1) is 0 Å². The van der Waals surface area contributed by atoms with Crippen LogP contribution in [-0.4, -0.2) is 44.8 Å². The first kappa shape index (κ1) is 15.1. The summed E-state index contributed by atoms with van der Waals surface area (Å²) >= 11 is 0. The summed E-state index contributed by atoms with van der Waals surface area (Å²) in [4.78, 5) is 2.11. The summed E-state index contributed by atoms with van der Waals surface area (Å²) in [6.45, 7) is 5.84. The van der Waals surface area contributed by atoms with Gasteiger partial charge in [-0.25, -0.2) is 0 Å². The number of ether oxygens (including phenoxy) is 2. The second kappa shape index (κ2) is 6.02. The van der Waals surface area contributed by atoms with Crippen molar-refractivity contribution in [2.75, 3.05) is 34.3 Å². The summed E-state index contributed by atoms with van der Waals surface area (Å²) in [5.41, 5.74) is 1.06. The molecule has 0 radical (unpaired) electrons. The molecule has 112 valence electrons. The first-order valence-electron chi connectivity index (χ1n) is 7.19. The molecule has 2 rings (SSSR count). The van der Waals surface area contributed by atoms with Crippen LogP contribution in [0.25, 0.3) is 0 Å². The maximum absolute atomic E-state index is 6.09. The Kier molecular flexibility index (Phi) is 4.55. The highest BCUT2D eigenvalue weighted by Gasteiger charge is 2.33. The maximum atomic E-state index is 6.09. The lowest BCUT2D eigenvalue weighted by atomic mass is 9.90. The molecule has 1 heterocycles. The van der Waals surface area contributed by atoms with E-state index in [0.717, 1.165) is 24.5 Å². The van der Waals surface area contributed by atoms with Crippen LogP contribution in [0.15, 0.2) is 18.2 Å². The van der Waals surface area contributed by atoms with Crippen LogP contribution in [0.1, 0.15) is 31.9 Å². The highest BCUT2D eigenvalue weighted by atomic mass is 16.5. The molecule has 0 saturated carbocycles. The van der Waals surface area contributed by atoms with E-state index in [-0.39, 0.29) is 5.60 Å². The molecule has 1 aromatic carbocycles. The number of likely N-dealkylation sites (N-methyl/N-ethyl adjacent to an activating group) is 1. The molecule has 1 aromatic rings. The Morgan fingerprint density at radius 1 is 1.40 bits per heavy atom. The van der Waals surface area contributed by atoms with Gasteiger partial charge < -0.3 is 19.7 Å². The molecule has 0 amide bonds. The van der Waals surface area contributed by atoms with E-state index < -0.39 is 0 Å². The number of rotatable bonds is 5. The van der Waals surface area contributed by atoms with Gasteiger partial charge in [-0.2, -0.15) is 0 Å². The molecule has 20 heavy (non-hydrogen) atoms. The lowest BCUT2D eigenvalue weighted by Crippen LogP contribution is -2.38. The fourth-order valence-electron chi connectivity index (χ4n) is 2.53. The molecule has 0 fully saturated rings. The summed E-state index contributed by atoms with van der Waals surface area (Å²) in [7, 11) is 6.08. The normalized spacial score (nSPS) is 20.4. The average molecular weight is 278 g/mol. The van der Waals surface area contributed by atoms with Gasteiger partial charge in [-0.05, 0) is 41.1 Å². The Hall–Kier alpha value is -1.26. The minimum absolute atomic E-state index is 0.150. The molecule has 0 bridgehead atoms. The van der Waals surface area contributed by atoms with E-state index in [0.29, 0.717) is 12.6 Å². The summed E-state index contributed by atoms with van der Waals surface area (Å²) in [5.74, 6) is 1.81. The third-order valence-electron chi connectivity index (χ3n) is 3.60. The van der Waals surface area contributed by atoms with Gasteiger partial charge in [-0.1, -0.05) is 6.07 Å². The van der Waals surface area contributed by atoms with Gasteiger partial charge in [0, 0.05) is 30.6 Å². The Balaban J connectivity index is 2.13. The number of nitrogens with zero attached hydrogens (tertiary/aromatic N) is 1. The van der Waals surface area contributed by atoms with Crippen molar-refractivity contribution in [3.05, 3.63) is 23.8 Å². The van der Waals surface area contributed by atoms with Crippen LogP contribution >= 0.6 is 0 Å². The van der Waals surface area contributed by atoms with E-state index in [1.54, 1.807) is 0 Å². The lowest BCUT2D eigenvalue weighted by molar-refractivity contribution is 0.0671. The van der Waals surface area contributed by atoms with Crippen molar-refractivity contribution in [1.29, 1.82) is 0 Å². The van der Waals surface area contributed by atoms with Crippen molar-refractivity contribution in [2.45, 2.75) is 31.9 Å². The molecule has 0 saturated heterocycles. The highest BCUT2D eigenvalue weighted by Crippen LogP contribution is 2.40. The SMILES string of the molecule is CNC1CC(C)(C)Oc2cc(OCCN(C)C)ccc21. The Morgan fingerprint density at radius 2 is 2.15 bits per heavy atom. The van der Waals surface area contributed by atoms with E-state index in [4.69, 9.17) is 9.47 Å². The first-order chi connectivity index (χ1) is 9.41. The largest absolute Gasteiger partial charge is 0.492 e. The minimum Gasteiger partial charge on any atom is -0.492 e. The number of hydrogen-bond donors (Lipinski definition) is 1. The molecule has 1 N–H and O–H groups in total. The van der Waals surface area contributed by atoms with Crippen molar-refractivity contribution < 1.29 is 9.47 Å². The average Bonchev–Trinajstić information content (AvgIpc) is 2.35. The topological polar surface area (TPSA) is 33.7 Å². The Morgan fingerprint density at radius 3 is 2.80 bits per heavy atom. The van der Waals surface area contributed by atoms with E-state index in [2.05, 4.69) is 30.1 Å². The van der Waals surface area contributed by atoms with Gasteiger partial charge in [0.1, 0.15) is 23.7 Å². The molecule has 0 aliphatic carbocycles. The third-order valence-corrected chi connectivity index (χ3v) is 3.60. The van der Waals surface area contributed by atoms with Gasteiger partial charge in [0.2, 0.25) is 0 Å². The van der Waals surface area contributed by atoms with Crippen molar-refractivity contribution in [2.24, 2.45) is 0 Å². The molecular weight excluding hydrogens is 252 g/mol. The number of fused-ring (bicyclic) bond motifs is 1. The molecule has 1 unspecified atom stereocenters. The van der Waals surface area contributed by atoms with Gasteiger partial charge >= 0.3 is 0 Å². The van der Waals surface area contributed by atoms with Gasteiger partial charge in [-0.3, -0.25) is 0 Å². The predicted octanol–water partition coefficient (Wildman–Crippen LogP) is 2.45. The number of hydrogen-bond acceptors (Lipinski definition) is 4. The quantitative estimate of drug-likeness (QED) is 0.897. The van der Waals surface area contributed by atoms with Crippen molar-refractivity contribution in [1.82, 2.24) is 10.2 Å². The molecule has 4 nitrogen and oxygen atoms in total. The maximum Gasteiger partial charge on any atom is 0.128 e.